The maximum absolute atomic E-state index is 5.34. The Balaban J connectivity index is 2.03. The van der Waals surface area contributed by atoms with Crippen molar-refractivity contribution < 1.29 is 9.47 Å². The van der Waals surface area contributed by atoms with Crippen molar-refractivity contribution in [3.8, 4) is 0 Å². The summed E-state index contributed by atoms with van der Waals surface area (Å²) in [6.07, 6.45) is 3.74. The summed E-state index contributed by atoms with van der Waals surface area (Å²) in [5, 5.41) is 3.31. The molecule has 0 aliphatic rings. The second-order valence-electron chi connectivity index (χ2n) is 3.45. The van der Waals surface area contributed by atoms with Gasteiger partial charge in [0.2, 0.25) is 0 Å². The molecule has 92 valence electrons. The van der Waals surface area contributed by atoms with Crippen molar-refractivity contribution in [1.29, 1.82) is 0 Å². The van der Waals surface area contributed by atoms with Crippen LogP contribution in [-0.2, 0) is 22.6 Å². The fourth-order valence-electron chi connectivity index (χ4n) is 1.39. The molecular formula is C11H21N3O2. The van der Waals surface area contributed by atoms with Crippen LogP contribution in [-0.4, -0.2) is 43.0 Å². The predicted octanol–water partition coefficient (Wildman–Crippen LogP) is 0.656. The van der Waals surface area contributed by atoms with E-state index in [1.54, 1.807) is 7.11 Å². The first-order valence-corrected chi connectivity index (χ1v) is 5.65. The molecule has 1 rings (SSSR count). The van der Waals surface area contributed by atoms with E-state index in [9.17, 15) is 0 Å². The summed E-state index contributed by atoms with van der Waals surface area (Å²) in [7, 11) is 1.67. The number of nitrogens with one attached hydrogen (secondary N) is 1. The Bertz CT molecular complexity index is 276. The van der Waals surface area contributed by atoms with E-state index < -0.39 is 0 Å². The summed E-state index contributed by atoms with van der Waals surface area (Å²) in [6, 6.07) is 0. The van der Waals surface area contributed by atoms with E-state index in [2.05, 4.69) is 21.8 Å². The van der Waals surface area contributed by atoms with Crippen molar-refractivity contribution in [2.24, 2.45) is 0 Å². The van der Waals surface area contributed by atoms with Gasteiger partial charge in [-0.2, -0.15) is 0 Å². The van der Waals surface area contributed by atoms with Crippen molar-refractivity contribution in [3.63, 3.8) is 0 Å². The van der Waals surface area contributed by atoms with E-state index >= 15 is 0 Å². The molecule has 1 aromatic heterocycles. The zero-order valence-electron chi connectivity index (χ0n) is 10.1. The van der Waals surface area contributed by atoms with Crippen LogP contribution < -0.4 is 5.32 Å². The number of imidazole rings is 1. The molecule has 0 bridgehead atoms. The van der Waals surface area contributed by atoms with Gasteiger partial charge in [0.15, 0.2) is 0 Å². The van der Waals surface area contributed by atoms with Crippen molar-refractivity contribution in [2.45, 2.75) is 20.0 Å². The van der Waals surface area contributed by atoms with Crippen molar-refractivity contribution in [2.75, 3.05) is 33.5 Å². The van der Waals surface area contributed by atoms with Crippen LogP contribution in [0.3, 0.4) is 0 Å². The molecule has 5 heteroatoms. The quantitative estimate of drug-likeness (QED) is 0.629. The number of ether oxygens (including phenoxy) is 2. The molecule has 0 aliphatic heterocycles. The van der Waals surface area contributed by atoms with Crippen LogP contribution in [0.5, 0.6) is 0 Å². The number of nitrogens with zero attached hydrogens (tertiary/aromatic N) is 2. The van der Waals surface area contributed by atoms with Crippen molar-refractivity contribution >= 4 is 0 Å². The van der Waals surface area contributed by atoms with E-state index in [0.717, 1.165) is 19.6 Å². The van der Waals surface area contributed by atoms with Crippen LogP contribution in [0.25, 0.3) is 0 Å². The van der Waals surface area contributed by atoms with Crippen LogP contribution >= 0.6 is 0 Å². The van der Waals surface area contributed by atoms with E-state index in [1.165, 1.54) is 5.69 Å². The monoisotopic (exact) mass is 227 g/mol. The van der Waals surface area contributed by atoms with Gasteiger partial charge in [-0.3, -0.25) is 0 Å². The molecule has 1 heterocycles. The highest BCUT2D eigenvalue weighted by atomic mass is 16.5. The Morgan fingerprint density at radius 3 is 3.00 bits per heavy atom. The molecule has 0 spiro atoms. The molecule has 5 nitrogen and oxygen atoms in total. The van der Waals surface area contributed by atoms with E-state index in [-0.39, 0.29) is 0 Å². The van der Waals surface area contributed by atoms with Gasteiger partial charge in [-0.05, 0) is 6.92 Å². The van der Waals surface area contributed by atoms with Crippen LogP contribution in [0.15, 0.2) is 12.5 Å². The number of hydrogen-bond acceptors (Lipinski definition) is 4. The second kappa shape index (κ2) is 8.27. The van der Waals surface area contributed by atoms with Gasteiger partial charge in [0, 0.05) is 32.9 Å². The third-order valence-corrected chi connectivity index (χ3v) is 2.30. The van der Waals surface area contributed by atoms with Gasteiger partial charge >= 0.3 is 0 Å². The van der Waals surface area contributed by atoms with Crippen molar-refractivity contribution in [3.05, 3.63) is 18.2 Å². The molecule has 0 unspecified atom stereocenters. The normalized spacial score (nSPS) is 10.9. The smallest absolute Gasteiger partial charge is 0.0948 e. The molecule has 1 aromatic rings. The lowest BCUT2D eigenvalue weighted by Crippen LogP contribution is -2.21. The summed E-state index contributed by atoms with van der Waals surface area (Å²) >= 11 is 0. The van der Waals surface area contributed by atoms with Crippen LogP contribution in [0.4, 0.5) is 0 Å². The first-order valence-electron chi connectivity index (χ1n) is 5.65. The van der Waals surface area contributed by atoms with Gasteiger partial charge in [0.25, 0.3) is 0 Å². The standard InChI is InChI=1S/C11H21N3O2/c1-3-14-10-13-9-11(14)8-12-4-5-16-7-6-15-2/h9-10,12H,3-8H2,1-2H3. The van der Waals surface area contributed by atoms with E-state index in [4.69, 9.17) is 9.47 Å². The van der Waals surface area contributed by atoms with Gasteiger partial charge < -0.3 is 19.4 Å². The van der Waals surface area contributed by atoms with Crippen LogP contribution in [0.2, 0.25) is 0 Å². The summed E-state index contributed by atoms with van der Waals surface area (Å²) in [6.45, 7) is 6.78. The minimum atomic E-state index is 0.655. The molecule has 0 fully saturated rings. The lowest BCUT2D eigenvalue weighted by Gasteiger charge is -2.07. The zero-order valence-corrected chi connectivity index (χ0v) is 10.1. The third-order valence-electron chi connectivity index (χ3n) is 2.30. The number of aryl methyl sites for hydroxylation is 1. The fraction of sp³-hybridized carbons (Fsp3) is 0.727. The Labute approximate surface area is 96.8 Å². The highest BCUT2D eigenvalue weighted by Crippen LogP contribution is 1.97. The molecule has 0 saturated heterocycles. The minimum Gasteiger partial charge on any atom is -0.382 e. The molecule has 0 aromatic carbocycles. The molecular weight excluding hydrogens is 206 g/mol. The Morgan fingerprint density at radius 1 is 1.38 bits per heavy atom. The first kappa shape index (κ1) is 13.2. The number of rotatable bonds is 9. The highest BCUT2D eigenvalue weighted by Gasteiger charge is 1.98. The Hall–Kier alpha value is -0.910. The summed E-state index contributed by atoms with van der Waals surface area (Å²) in [5.41, 5.74) is 1.21. The summed E-state index contributed by atoms with van der Waals surface area (Å²) < 4.78 is 12.3. The summed E-state index contributed by atoms with van der Waals surface area (Å²) in [5.74, 6) is 0. The van der Waals surface area contributed by atoms with Gasteiger partial charge in [-0.15, -0.1) is 0 Å². The SMILES string of the molecule is CCn1cncc1CNCCOCCOC. The Kier molecular flexibility index (Phi) is 6.80. The first-order chi connectivity index (χ1) is 7.88. The molecule has 0 radical (unpaired) electrons. The lowest BCUT2D eigenvalue weighted by molar-refractivity contribution is 0.0718. The maximum atomic E-state index is 5.34. The average Bonchev–Trinajstić information content (AvgIpc) is 2.75. The van der Waals surface area contributed by atoms with Crippen molar-refractivity contribution in [1.82, 2.24) is 14.9 Å². The molecule has 0 amide bonds. The van der Waals surface area contributed by atoms with Crippen LogP contribution in [0.1, 0.15) is 12.6 Å². The Morgan fingerprint density at radius 2 is 2.25 bits per heavy atom. The van der Waals surface area contributed by atoms with Gasteiger partial charge in [-0.25, -0.2) is 4.98 Å². The minimum absolute atomic E-state index is 0.655. The van der Waals surface area contributed by atoms with Gasteiger partial charge in [0.05, 0.1) is 31.8 Å². The molecule has 0 atom stereocenters. The maximum Gasteiger partial charge on any atom is 0.0948 e. The average molecular weight is 227 g/mol. The molecule has 16 heavy (non-hydrogen) atoms. The molecule has 0 saturated carbocycles. The number of aromatic nitrogens is 2. The van der Waals surface area contributed by atoms with Crippen LogP contribution in [0, 0.1) is 0 Å². The van der Waals surface area contributed by atoms with E-state index in [0.29, 0.717) is 19.8 Å². The van der Waals surface area contributed by atoms with Gasteiger partial charge in [0.1, 0.15) is 0 Å². The van der Waals surface area contributed by atoms with E-state index in [1.807, 2.05) is 12.5 Å². The zero-order chi connectivity index (χ0) is 11.6. The number of methoxy groups -OCH3 is 1. The number of hydrogen-bond donors (Lipinski definition) is 1. The van der Waals surface area contributed by atoms with Gasteiger partial charge in [-0.1, -0.05) is 0 Å². The topological polar surface area (TPSA) is 48.3 Å². The lowest BCUT2D eigenvalue weighted by atomic mass is 10.4. The second-order valence-corrected chi connectivity index (χ2v) is 3.45. The molecule has 0 aliphatic carbocycles. The third kappa shape index (κ3) is 4.74. The highest BCUT2D eigenvalue weighted by molar-refractivity contribution is 4.97. The predicted molar refractivity (Wildman–Crippen MR) is 62.3 cm³/mol. The fourth-order valence-corrected chi connectivity index (χ4v) is 1.39. The molecule has 1 N–H and O–H groups in total. The largest absolute Gasteiger partial charge is 0.382 e. The summed E-state index contributed by atoms with van der Waals surface area (Å²) in [4.78, 5) is 4.11.